The van der Waals surface area contributed by atoms with Gasteiger partial charge < -0.3 is 15.4 Å². The highest BCUT2D eigenvalue weighted by Gasteiger charge is 2.09. The molecule has 1 aromatic carbocycles. The summed E-state index contributed by atoms with van der Waals surface area (Å²) < 4.78 is 5.83. The summed E-state index contributed by atoms with van der Waals surface area (Å²) in [6.07, 6.45) is 7.77. The molecule has 0 bridgehead atoms. The Balaban J connectivity index is 1.70. The van der Waals surface area contributed by atoms with Gasteiger partial charge in [-0.25, -0.2) is 10.2 Å². The van der Waals surface area contributed by atoms with Crippen molar-refractivity contribution in [3.63, 3.8) is 0 Å². The molecule has 1 aliphatic rings. The summed E-state index contributed by atoms with van der Waals surface area (Å²) in [5.41, 5.74) is 7.97. The van der Waals surface area contributed by atoms with Crippen molar-refractivity contribution in [1.29, 1.82) is 0 Å². The summed E-state index contributed by atoms with van der Waals surface area (Å²) in [5.74, 6) is 0.764. The number of carbonyl (C=O) groups excluding carboxylic acids is 1. The molecule has 1 aromatic rings. The zero-order chi connectivity index (χ0) is 16.3. The second-order valence-corrected chi connectivity index (χ2v) is 5.73. The number of carbonyl (C=O) groups is 1. The molecule has 0 saturated carbocycles. The largest absolute Gasteiger partial charge is 0.493 e. The van der Waals surface area contributed by atoms with Crippen molar-refractivity contribution in [1.82, 2.24) is 10.3 Å². The fraction of sp³-hybridized carbons (Fsp3) is 0.529. The van der Waals surface area contributed by atoms with Gasteiger partial charge in [0, 0.05) is 5.56 Å². The summed E-state index contributed by atoms with van der Waals surface area (Å²) in [6, 6.07) is 6.92. The van der Waals surface area contributed by atoms with Crippen LogP contribution in [-0.4, -0.2) is 43.4 Å². The van der Waals surface area contributed by atoms with Crippen LogP contribution >= 0.6 is 0 Å². The van der Waals surface area contributed by atoms with E-state index >= 15 is 0 Å². The number of piperidine rings is 1. The molecule has 0 aromatic heterocycles. The van der Waals surface area contributed by atoms with Crippen LogP contribution in [0.25, 0.3) is 0 Å². The number of hydrazone groups is 1. The Kier molecular flexibility index (Phi) is 7.39. The number of benzene rings is 1. The molecule has 6 heteroatoms. The minimum Gasteiger partial charge on any atom is -0.493 e. The van der Waals surface area contributed by atoms with Crippen molar-refractivity contribution in [3.8, 4) is 5.75 Å². The highest BCUT2D eigenvalue weighted by Crippen LogP contribution is 2.16. The first-order valence-corrected chi connectivity index (χ1v) is 8.28. The number of hydrogen-bond acceptors (Lipinski definition) is 4. The van der Waals surface area contributed by atoms with Crippen molar-refractivity contribution in [3.05, 3.63) is 29.8 Å². The number of nitrogens with zero attached hydrogens (tertiary/aromatic N) is 2. The van der Waals surface area contributed by atoms with Crippen LogP contribution in [0.3, 0.4) is 0 Å². The first kappa shape index (κ1) is 17.3. The molecule has 126 valence electrons. The van der Waals surface area contributed by atoms with E-state index in [9.17, 15) is 4.79 Å². The highest BCUT2D eigenvalue weighted by atomic mass is 16.5. The van der Waals surface area contributed by atoms with E-state index in [2.05, 4.69) is 15.4 Å². The summed E-state index contributed by atoms with van der Waals surface area (Å²) >= 11 is 0. The van der Waals surface area contributed by atoms with Crippen LogP contribution in [-0.2, 0) is 0 Å². The second kappa shape index (κ2) is 9.84. The minimum absolute atomic E-state index is 0.682. The summed E-state index contributed by atoms with van der Waals surface area (Å²) in [4.78, 5) is 13.2. The average molecular weight is 318 g/mol. The number of nitrogens with one attached hydrogen (secondary N) is 1. The zero-order valence-electron chi connectivity index (χ0n) is 13.5. The van der Waals surface area contributed by atoms with Crippen LogP contribution in [0.15, 0.2) is 29.4 Å². The number of amides is 2. The van der Waals surface area contributed by atoms with E-state index in [1.54, 1.807) is 0 Å². The fourth-order valence-electron chi connectivity index (χ4n) is 2.69. The Bertz CT molecular complexity index is 513. The number of para-hydroxylation sites is 1. The predicted octanol–water partition coefficient (Wildman–Crippen LogP) is 2.33. The van der Waals surface area contributed by atoms with Crippen LogP contribution in [0.2, 0.25) is 0 Å². The fourth-order valence-corrected chi connectivity index (χ4v) is 2.69. The summed E-state index contributed by atoms with van der Waals surface area (Å²) in [6.45, 7) is 4.33. The number of rotatable bonds is 8. The normalized spacial score (nSPS) is 15.7. The van der Waals surface area contributed by atoms with E-state index in [-0.39, 0.29) is 0 Å². The molecule has 1 aliphatic heterocycles. The van der Waals surface area contributed by atoms with Crippen molar-refractivity contribution < 1.29 is 9.53 Å². The third-order valence-electron chi connectivity index (χ3n) is 3.87. The lowest BCUT2D eigenvalue weighted by atomic mass is 10.1. The van der Waals surface area contributed by atoms with Crippen LogP contribution in [0, 0.1) is 0 Å². The van der Waals surface area contributed by atoms with Gasteiger partial charge in [-0.2, -0.15) is 5.10 Å². The van der Waals surface area contributed by atoms with Crippen LogP contribution in [0.4, 0.5) is 4.79 Å². The van der Waals surface area contributed by atoms with Gasteiger partial charge in [0.2, 0.25) is 0 Å². The molecule has 0 radical (unpaired) electrons. The van der Waals surface area contributed by atoms with Crippen LogP contribution in [0.1, 0.15) is 37.7 Å². The molecule has 3 N–H and O–H groups in total. The Labute approximate surface area is 137 Å². The minimum atomic E-state index is -0.683. The molecule has 0 atom stereocenters. The van der Waals surface area contributed by atoms with Gasteiger partial charge in [-0.15, -0.1) is 0 Å². The lowest BCUT2D eigenvalue weighted by Crippen LogP contribution is -2.30. The molecule has 23 heavy (non-hydrogen) atoms. The van der Waals surface area contributed by atoms with Crippen molar-refractivity contribution in [2.75, 3.05) is 26.2 Å². The second-order valence-electron chi connectivity index (χ2n) is 5.73. The number of likely N-dealkylation sites (tertiary alicyclic amines) is 1. The Morgan fingerprint density at radius 3 is 2.83 bits per heavy atom. The number of primary amides is 1. The molecule has 1 heterocycles. The molecule has 0 spiro atoms. The molecule has 6 nitrogen and oxygen atoms in total. The molecule has 2 rings (SSSR count). The maximum atomic E-state index is 10.6. The Morgan fingerprint density at radius 1 is 1.26 bits per heavy atom. The van der Waals surface area contributed by atoms with Gasteiger partial charge in [-0.3, -0.25) is 0 Å². The maximum absolute atomic E-state index is 10.6. The number of unbranched alkanes of at least 4 members (excludes halogenated alkanes) is 1. The van der Waals surface area contributed by atoms with E-state index in [4.69, 9.17) is 10.5 Å². The number of hydrogen-bond donors (Lipinski definition) is 2. The third kappa shape index (κ3) is 6.69. The standard InChI is InChI=1S/C17H26N4O2/c18-17(22)20-19-14-15-8-2-3-9-16(15)23-13-7-6-12-21-10-4-1-5-11-21/h2-3,8-9,14H,1,4-7,10-13H2,(H3,18,20,22). The monoisotopic (exact) mass is 318 g/mol. The van der Waals surface area contributed by atoms with Gasteiger partial charge in [-0.05, 0) is 57.5 Å². The van der Waals surface area contributed by atoms with Crippen molar-refractivity contribution in [2.45, 2.75) is 32.1 Å². The smallest absolute Gasteiger partial charge is 0.332 e. The van der Waals surface area contributed by atoms with Crippen LogP contribution < -0.4 is 15.9 Å². The van der Waals surface area contributed by atoms with E-state index in [1.165, 1.54) is 38.6 Å². The van der Waals surface area contributed by atoms with E-state index in [0.29, 0.717) is 6.61 Å². The molecule has 1 fully saturated rings. The summed E-state index contributed by atoms with van der Waals surface area (Å²) in [5, 5.41) is 3.77. The Hall–Kier alpha value is -2.08. The molecule has 0 aliphatic carbocycles. The lowest BCUT2D eigenvalue weighted by Gasteiger charge is -2.26. The maximum Gasteiger partial charge on any atom is 0.332 e. The average Bonchev–Trinajstić information content (AvgIpc) is 2.56. The van der Waals surface area contributed by atoms with Gasteiger partial charge >= 0.3 is 6.03 Å². The lowest BCUT2D eigenvalue weighted by molar-refractivity contribution is 0.216. The summed E-state index contributed by atoms with van der Waals surface area (Å²) in [7, 11) is 0. The quantitative estimate of drug-likeness (QED) is 0.438. The third-order valence-corrected chi connectivity index (χ3v) is 3.87. The first-order valence-electron chi connectivity index (χ1n) is 8.28. The van der Waals surface area contributed by atoms with E-state index in [1.807, 2.05) is 24.3 Å². The molecule has 0 unspecified atom stereocenters. The number of urea groups is 1. The van der Waals surface area contributed by atoms with E-state index in [0.717, 1.165) is 30.7 Å². The number of nitrogens with two attached hydrogens (primary N) is 1. The van der Waals surface area contributed by atoms with Gasteiger partial charge in [0.05, 0.1) is 12.8 Å². The SMILES string of the molecule is NC(=O)NN=Cc1ccccc1OCCCCN1CCCCC1. The van der Waals surface area contributed by atoms with Gasteiger partial charge in [-0.1, -0.05) is 18.6 Å². The molecular formula is C17H26N4O2. The van der Waals surface area contributed by atoms with Crippen molar-refractivity contribution >= 4 is 12.2 Å². The molecule has 2 amide bonds. The predicted molar refractivity (Wildman–Crippen MR) is 91.8 cm³/mol. The number of ether oxygens (including phenoxy) is 1. The van der Waals surface area contributed by atoms with Gasteiger partial charge in [0.1, 0.15) is 5.75 Å². The van der Waals surface area contributed by atoms with E-state index < -0.39 is 6.03 Å². The topological polar surface area (TPSA) is 80.0 Å². The molecular weight excluding hydrogens is 292 g/mol. The molecule has 1 saturated heterocycles. The van der Waals surface area contributed by atoms with Gasteiger partial charge in [0.15, 0.2) is 0 Å². The Morgan fingerprint density at radius 2 is 2.04 bits per heavy atom. The first-order chi connectivity index (χ1) is 11.3. The zero-order valence-corrected chi connectivity index (χ0v) is 13.5. The van der Waals surface area contributed by atoms with Gasteiger partial charge in [0.25, 0.3) is 0 Å². The van der Waals surface area contributed by atoms with Crippen molar-refractivity contribution in [2.24, 2.45) is 10.8 Å². The van der Waals surface area contributed by atoms with Crippen LogP contribution in [0.5, 0.6) is 5.75 Å². The highest BCUT2D eigenvalue weighted by molar-refractivity contribution is 5.84.